The number of hydrogen-bond donors (Lipinski definition) is 0. The van der Waals surface area contributed by atoms with Crippen molar-refractivity contribution >= 4 is 39.9 Å². The monoisotopic (exact) mass is 258 g/mol. The van der Waals surface area contributed by atoms with Crippen molar-refractivity contribution in [2.75, 3.05) is 0 Å². The molecule has 0 spiro atoms. The zero-order valence-electron chi connectivity index (χ0n) is 8.68. The van der Waals surface area contributed by atoms with E-state index in [0.29, 0.717) is 10.0 Å². The summed E-state index contributed by atoms with van der Waals surface area (Å²) in [6.45, 7) is 7.83. The van der Waals surface area contributed by atoms with E-state index < -0.39 is 0 Å². The molecule has 0 aliphatic heterocycles. The van der Waals surface area contributed by atoms with Crippen molar-refractivity contribution in [1.82, 2.24) is 0 Å². The van der Waals surface area contributed by atoms with Crippen molar-refractivity contribution in [2.24, 2.45) is 0 Å². The first-order chi connectivity index (χ1) is 7.02. The molecule has 80 valence electrons. The second kappa shape index (κ2) is 5.64. The molecule has 1 aromatic carbocycles. The number of rotatable bonds is 3. The van der Waals surface area contributed by atoms with Crippen LogP contribution in [0.2, 0.25) is 10.0 Å². The van der Waals surface area contributed by atoms with E-state index >= 15 is 0 Å². The van der Waals surface area contributed by atoms with Crippen LogP contribution in [-0.2, 0) is 0 Å². The van der Waals surface area contributed by atoms with Crippen LogP contribution in [0, 0.1) is 0 Å². The van der Waals surface area contributed by atoms with Gasteiger partial charge in [0.1, 0.15) is 0 Å². The molecule has 0 aromatic heterocycles. The quantitative estimate of drug-likeness (QED) is 0.678. The van der Waals surface area contributed by atoms with E-state index in [-0.39, 0.29) is 0 Å². The molecule has 1 aromatic rings. The molecule has 0 atom stereocenters. The summed E-state index contributed by atoms with van der Waals surface area (Å²) in [4.78, 5) is 2.16. The highest BCUT2D eigenvalue weighted by atomic mass is 35.5. The molecule has 1 rings (SSSR count). The minimum Gasteiger partial charge on any atom is -0.0952 e. The van der Waals surface area contributed by atoms with Crippen molar-refractivity contribution in [3.63, 3.8) is 0 Å². The summed E-state index contributed by atoms with van der Waals surface area (Å²) in [5, 5.41) is 1.30. The highest BCUT2D eigenvalue weighted by Crippen LogP contribution is 2.34. The Morgan fingerprint density at radius 2 is 1.80 bits per heavy atom. The molecule has 0 bridgehead atoms. The van der Waals surface area contributed by atoms with E-state index in [0.717, 1.165) is 15.4 Å². The number of allylic oxidation sites excluding steroid dienone is 2. The average molecular weight is 259 g/mol. The van der Waals surface area contributed by atoms with Gasteiger partial charge in [0.25, 0.3) is 0 Å². The molecular formula is C12H12Cl2S. The van der Waals surface area contributed by atoms with Gasteiger partial charge in [0.05, 0.1) is 0 Å². The van der Waals surface area contributed by atoms with Crippen molar-refractivity contribution in [3.8, 4) is 0 Å². The lowest BCUT2D eigenvalue weighted by Gasteiger charge is -2.07. The molecule has 0 N–H and O–H groups in total. The van der Waals surface area contributed by atoms with Crippen LogP contribution in [0.4, 0.5) is 0 Å². The van der Waals surface area contributed by atoms with E-state index in [2.05, 4.69) is 6.58 Å². The Hall–Kier alpha value is -0.370. The number of thioether (sulfide) groups is 1. The zero-order chi connectivity index (χ0) is 11.4. The topological polar surface area (TPSA) is 0 Å². The molecule has 0 unspecified atom stereocenters. The standard InChI is InChI=1S/C12H12Cl2S/c1-4-12(15-8(2)3)9-5-10(13)7-11(14)6-9/h4-7H,2H2,1,3H3/b12-4-. The first-order valence-electron chi connectivity index (χ1n) is 4.49. The van der Waals surface area contributed by atoms with E-state index in [4.69, 9.17) is 23.2 Å². The van der Waals surface area contributed by atoms with Gasteiger partial charge in [-0.25, -0.2) is 0 Å². The smallest absolute Gasteiger partial charge is 0.0427 e. The first kappa shape index (κ1) is 12.7. The van der Waals surface area contributed by atoms with Crippen LogP contribution in [0.1, 0.15) is 19.4 Å². The molecule has 0 amide bonds. The highest BCUT2D eigenvalue weighted by molar-refractivity contribution is 8.11. The fraction of sp³-hybridized carbons (Fsp3) is 0.167. The van der Waals surface area contributed by atoms with Gasteiger partial charge in [0.2, 0.25) is 0 Å². The van der Waals surface area contributed by atoms with Crippen LogP contribution in [0.3, 0.4) is 0 Å². The van der Waals surface area contributed by atoms with Gasteiger partial charge in [-0.2, -0.15) is 0 Å². The summed E-state index contributed by atoms with van der Waals surface area (Å²) in [5.41, 5.74) is 1.03. The predicted octanol–water partition coefficient (Wildman–Crippen LogP) is 5.62. The van der Waals surface area contributed by atoms with Crippen LogP contribution in [-0.4, -0.2) is 0 Å². The van der Waals surface area contributed by atoms with Gasteiger partial charge >= 0.3 is 0 Å². The van der Waals surface area contributed by atoms with Crippen molar-refractivity contribution in [3.05, 3.63) is 51.4 Å². The third-order valence-corrected chi connectivity index (χ3v) is 3.17. The van der Waals surface area contributed by atoms with Gasteiger partial charge in [0.15, 0.2) is 0 Å². The normalized spacial score (nSPS) is 11.6. The summed E-state index contributed by atoms with van der Waals surface area (Å²) in [7, 11) is 0. The maximum Gasteiger partial charge on any atom is 0.0427 e. The Balaban J connectivity index is 3.07. The molecule has 0 nitrogen and oxygen atoms in total. The Bertz CT molecular complexity index is 388. The maximum atomic E-state index is 5.94. The third kappa shape index (κ3) is 3.94. The number of halogens is 2. The molecule has 0 saturated heterocycles. The summed E-state index contributed by atoms with van der Waals surface area (Å²) >= 11 is 13.5. The number of hydrogen-bond acceptors (Lipinski definition) is 1. The van der Waals surface area contributed by atoms with Crippen molar-refractivity contribution < 1.29 is 0 Å². The van der Waals surface area contributed by atoms with Gasteiger partial charge in [-0.3, -0.25) is 0 Å². The van der Waals surface area contributed by atoms with E-state index in [1.165, 1.54) is 0 Å². The first-order valence-corrected chi connectivity index (χ1v) is 6.06. The lowest BCUT2D eigenvalue weighted by molar-refractivity contribution is 1.62. The summed E-state index contributed by atoms with van der Waals surface area (Å²) < 4.78 is 0. The zero-order valence-corrected chi connectivity index (χ0v) is 11.0. The molecule has 0 radical (unpaired) electrons. The summed E-state index contributed by atoms with van der Waals surface area (Å²) in [6, 6.07) is 5.53. The molecular weight excluding hydrogens is 247 g/mol. The highest BCUT2D eigenvalue weighted by Gasteiger charge is 2.04. The van der Waals surface area contributed by atoms with Crippen LogP contribution in [0.5, 0.6) is 0 Å². The Labute approximate surface area is 105 Å². The van der Waals surface area contributed by atoms with E-state index in [1.54, 1.807) is 17.8 Å². The second-order valence-electron chi connectivity index (χ2n) is 3.12. The fourth-order valence-corrected chi connectivity index (χ4v) is 2.42. The molecule has 0 aliphatic rings. The van der Waals surface area contributed by atoms with Crippen LogP contribution in [0.25, 0.3) is 4.91 Å². The maximum absolute atomic E-state index is 5.94. The minimum atomic E-state index is 0.652. The second-order valence-corrected chi connectivity index (χ2v) is 5.33. The fourth-order valence-electron chi connectivity index (χ4n) is 1.17. The SMILES string of the molecule is C=C(C)S/C(=C\C)c1cc(Cl)cc(Cl)c1. The molecule has 0 heterocycles. The lowest BCUT2D eigenvalue weighted by atomic mass is 10.2. The van der Waals surface area contributed by atoms with E-state index in [1.807, 2.05) is 32.1 Å². The van der Waals surface area contributed by atoms with Crippen LogP contribution >= 0.6 is 35.0 Å². The van der Waals surface area contributed by atoms with Crippen LogP contribution in [0.15, 0.2) is 35.8 Å². The van der Waals surface area contributed by atoms with Crippen LogP contribution < -0.4 is 0 Å². The molecule has 0 fully saturated rings. The van der Waals surface area contributed by atoms with Gasteiger partial charge in [-0.05, 0) is 42.5 Å². The van der Waals surface area contributed by atoms with Crippen molar-refractivity contribution in [2.45, 2.75) is 13.8 Å². The predicted molar refractivity (Wildman–Crippen MR) is 72.5 cm³/mol. The van der Waals surface area contributed by atoms with Crippen molar-refractivity contribution in [1.29, 1.82) is 0 Å². The Kier molecular flexibility index (Phi) is 4.78. The molecule has 0 saturated carbocycles. The van der Waals surface area contributed by atoms with Gasteiger partial charge in [-0.1, -0.05) is 47.6 Å². The van der Waals surface area contributed by atoms with Gasteiger partial charge in [0, 0.05) is 15.0 Å². The lowest BCUT2D eigenvalue weighted by Crippen LogP contribution is -1.81. The Morgan fingerprint density at radius 3 is 2.20 bits per heavy atom. The largest absolute Gasteiger partial charge is 0.0952 e. The average Bonchev–Trinajstić information content (AvgIpc) is 2.12. The third-order valence-electron chi connectivity index (χ3n) is 1.69. The minimum absolute atomic E-state index is 0.652. The Morgan fingerprint density at radius 1 is 1.27 bits per heavy atom. The summed E-state index contributed by atoms with van der Waals surface area (Å²) in [5.74, 6) is 0. The molecule has 0 aliphatic carbocycles. The summed E-state index contributed by atoms with van der Waals surface area (Å²) in [6.07, 6.45) is 2.03. The number of benzene rings is 1. The van der Waals surface area contributed by atoms with E-state index in [9.17, 15) is 0 Å². The molecule has 3 heteroatoms. The van der Waals surface area contributed by atoms with Gasteiger partial charge < -0.3 is 0 Å². The molecule has 15 heavy (non-hydrogen) atoms. The van der Waals surface area contributed by atoms with Gasteiger partial charge in [-0.15, -0.1) is 0 Å².